The number of thiophene rings is 1. The molecule has 5 nitrogen and oxygen atoms in total. The maximum Gasteiger partial charge on any atom is 0.256 e. The number of nitrogens with one attached hydrogen (secondary N) is 2. The second-order valence-electron chi connectivity index (χ2n) is 7.79. The molecule has 0 saturated carbocycles. The van der Waals surface area contributed by atoms with Crippen LogP contribution < -0.4 is 10.6 Å². The third-order valence-corrected chi connectivity index (χ3v) is 7.26. The molecule has 1 aromatic carbocycles. The summed E-state index contributed by atoms with van der Waals surface area (Å²) >= 11 is 5.20. The molecule has 2 N–H and O–H groups in total. The Morgan fingerprint density at radius 1 is 1.24 bits per heavy atom. The highest BCUT2D eigenvalue weighted by molar-refractivity contribution is 9.10. The molecule has 5 rings (SSSR count). The predicted octanol–water partition coefficient (Wildman–Crippen LogP) is 5.39. The summed E-state index contributed by atoms with van der Waals surface area (Å²) in [6.07, 6.45) is 0.560. The summed E-state index contributed by atoms with van der Waals surface area (Å²) in [5.41, 5.74) is 3.02. The van der Waals surface area contributed by atoms with Crippen molar-refractivity contribution in [2.75, 3.05) is 11.9 Å². The van der Waals surface area contributed by atoms with Gasteiger partial charge >= 0.3 is 0 Å². The predicted molar refractivity (Wildman–Crippen MR) is 119 cm³/mol. The molecule has 0 saturated heterocycles. The van der Waals surface area contributed by atoms with Gasteiger partial charge in [0.25, 0.3) is 5.91 Å². The molecule has 2 aromatic heterocycles. The smallest absolute Gasteiger partial charge is 0.256 e. The SMILES string of the molecule is CC(C)N1CCc2c(sc3c2C(=O)NC(c2ccc(-c4cccc(Br)c4)o2)N3)C1. The molecule has 0 spiro atoms. The molecular formula is C22H22BrN3O2S. The van der Waals surface area contributed by atoms with Gasteiger partial charge in [-0.05, 0) is 50.1 Å². The van der Waals surface area contributed by atoms with Crippen molar-refractivity contribution in [3.05, 3.63) is 62.6 Å². The quantitative estimate of drug-likeness (QED) is 0.537. The highest BCUT2D eigenvalue weighted by Gasteiger charge is 2.34. The summed E-state index contributed by atoms with van der Waals surface area (Å²) < 4.78 is 7.08. The van der Waals surface area contributed by atoms with Crippen LogP contribution in [0.4, 0.5) is 5.00 Å². The summed E-state index contributed by atoms with van der Waals surface area (Å²) in [5, 5.41) is 7.51. The summed E-state index contributed by atoms with van der Waals surface area (Å²) in [6, 6.07) is 12.4. The van der Waals surface area contributed by atoms with Crippen molar-refractivity contribution in [2.45, 2.75) is 39.0 Å². The number of carbonyl (C=O) groups excluding carboxylic acids is 1. The number of fused-ring (bicyclic) bond motifs is 3. The van der Waals surface area contributed by atoms with E-state index in [-0.39, 0.29) is 12.1 Å². The molecule has 29 heavy (non-hydrogen) atoms. The van der Waals surface area contributed by atoms with Crippen molar-refractivity contribution in [1.29, 1.82) is 0 Å². The van der Waals surface area contributed by atoms with Crippen molar-refractivity contribution in [3.63, 3.8) is 0 Å². The minimum atomic E-state index is -0.364. The van der Waals surface area contributed by atoms with Crippen molar-refractivity contribution < 1.29 is 9.21 Å². The maximum atomic E-state index is 12.9. The van der Waals surface area contributed by atoms with E-state index in [1.54, 1.807) is 11.3 Å². The fourth-order valence-corrected chi connectivity index (χ4v) is 5.72. The van der Waals surface area contributed by atoms with Gasteiger partial charge in [0.05, 0.1) is 5.56 Å². The van der Waals surface area contributed by atoms with E-state index < -0.39 is 0 Å². The Balaban J connectivity index is 1.42. The van der Waals surface area contributed by atoms with Gasteiger partial charge in [-0.1, -0.05) is 28.1 Å². The number of anilines is 1. The average Bonchev–Trinajstić information content (AvgIpc) is 3.32. The number of halogens is 1. The third-order valence-electron chi connectivity index (χ3n) is 5.62. The summed E-state index contributed by atoms with van der Waals surface area (Å²) in [4.78, 5) is 16.7. The second-order valence-corrected chi connectivity index (χ2v) is 9.81. The molecule has 2 aliphatic heterocycles. The first-order valence-electron chi connectivity index (χ1n) is 9.81. The second kappa shape index (κ2) is 7.31. The van der Waals surface area contributed by atoms with Crippen LogP contribution in [0.3, 0.4) is 0 Å². The molecule has 4 heterocycles. The Morgan fingerprint density at radius 2 is 2.10 bits per heavy atom. The summed E-state index contributed by atoms with van der Waals surface area (Å²) in [6.45, 7) is 6.36. The zero-order valence-corrected chi connectivity index (χ0v) is 18.7. The molecule has 1 amide bonds. The van der Waals surface area contributed by atoms with Crippen LogP contribution in [0.5, 0.6) is 0 Å². The van der Waals surface area contributed by atoms with E-state index >= 15 is 0 Å². The lowest BCUT2D eigenvalue weighted by molar-refractivity contribution is 0.0930. The molecule has 0 radical (unpaired) electrons. The Hall–Kier alpha value is -2.09. The Morgan fingerprint density at radius 3 is 2.90 bits per heavy atom. The first-order chi connectivity index (χ1) is 14.0. The number of rotatable bonds is 3. The van der Waals surface area contributed by atoms with Gasteiger partial charge in [-0.3, -0.25) is 9.69 Å². The first-order valence-corrected chi connectivity index (χ1v) is 11.4. The maximum absolute atomic E-state index is 12.9. The van der Waals surface area contributed by atoms with Crippen LogP contribution in [0.2, 0.25) is 0 Å². The van der Waals surface area contributed by atoms with E-state index in [9.17, 15) is 4.79 Å². The van der Waals surface area contributed by atoms with E-state index in [4.69, 9.17) is 4.42 Å². The molecular weight excluding hydrogens is 450 g/mol. The molecule has 3 aromatic rings. The van der Waals surface area contributed by atoms with Gasteiger partial charge in [0.1, 0.15) is 16.5 Å². The Bertz CT molecular complexity index is 1090. The van der Waals surface area contributed by atoms with Crippen molar-refractivity contribution in [3.8, 4) is 11.3 Å². The van der Waals surface area contributed by atoms with Crippen LogP contribution in [0.1, 0.15) is 46.6 Å². The molecule has 1 unspecified atom stereocenters. The topological polar surface area (TPSA) is 57.5 Å². The van der Waals surface area contributed by atoms with Gasteiger partial charge in [-0.2, -0.15) is 0 Å². The Labute approximate surface area is 182 Å². The number of nitrogens with zero attached hydrogens (tertiary/aromatic N) is 1. The van der Waals surface area contributed by atoms with Crippen molar-refractivity contribution >= 4 is 38.2 Å². The fourth-order valence-electron chi connectivity index (χ4n) is 4.02. The molecule has 0 aliphatic carbocycles. The zero-order chi connectivity index (χ0) is 20.1. The van der Waals surface area contributed by atoms with E-state index in [1.165, 1.54) is 10.4 Å². The van der Waals surface area contributed by atoms with Gasteiger partial charge in [0.2, 0.25) is 0 Å². The van der Waals surface area contributed by atoms with E-state index in [0.29, 0.717) is 11.8 Å². The third kappa shape index (κ3) is 3.41. The standard InChI is InChI=1S/C22H22BrN3O2S/c1-12(2)26-9-8-15-18(11-26)29-22-19(15)21(27)24-20(25-22)17-7-6-16(28-17)13-4-3-5-14(23)10-13/h3-7,10,12,20,25H,8-9,11H2,1-2H3,(H,24,27). The van der Waals surface area contributed by atoms with E-state index in [0.717, 1.165) is 45.9 Å². The molecule has 2 aliphatic rings. The largest absolute Gasteiger partial charge is 0.457 e. The van der Waals surface area contributed by atoms with Crippen molar-refractivity contribution in [1.82, 2.24) is 10.2 Å². The molecule has 1 atom stereocenters. The molecule has 0 bridgehead atoms. The van der Waals surface area contributed by atoms with Crippen LogP contribution in [0.25, 0.3) is 11.3 Å². The van der Waals surface area contributed by atoms with Crippen molar-refractivity contribution in [2.24, 2.45) is 0 Å². The number of furan rings is 1. The Kier molecular flexibility index (Phi) is 4.76. The lowest BCUT2D eigenvalue weighted by atomic mass is 10.0. The van der Waals surface area contributed by atoms with Gasteiger partial charge < -0.3 is 15.1 Å². The van der Waals surface area contributed by atoms with Crippen LogP contribution in [-0.4, -0.2) is 23.4 Å². The van der Waals surface area contributed by atoms with Gasteiger partial charge in [-0.25, -0.2) is 0 Å². The highest BCUT2D eigenvalue weighted by Crippen LogP contribution is 2.41. The van der Waals surface area contributed by atoms with E-state index in [1.807, 2.05) is 36.4 Å². The minimum absolute atomic E-state index is 0.0142. The normalized spacial score (nSPS) is 18.9. The molecule has 7 heteroatoms. The fraction of sp³-hybridized carbons (Fsp3) is 0.318. The summed E-state index contributed by atoms with van der Waals surface area (Å²) in [5.74, 6) is 1.47. The van der Waals surface area contributed by atoms with Crippen LogP contribution in [0, 0.1) is 0 Å². The van der Waals surface area contributed by atoms with Gasteiger partial charge in [0.15, 0.2) is 6.17 Å². The number of benzene rings is 1. The van der Waals surface area contributed by atoms with Crippen LogP contribution >= 0.6 is 27.3 Å². The number of hydrogen-bond acceptors (Lipinski definition) is 5. The number of carbonyl (C=O) groups is 1. The lowest BCUT2D eigenvalue weighted by Crippen LogP contribution is -2.39. The number of amides is 1. The van der Waals surface area contributed by atoms with Crippen LogP contribution in [-0.2, 0) is 13.0 Å². The van der Waals surface area contributed by atoms with Crippen LogP contribution in [0.15, 0.2) is 45.3 Å². The summed E-state index contributed by atoms with van der Waals surface area (Å²) in [7, 11) is 0. The monoisotopic (exact) mass is 471 g/mol. The zero-order valence-electron chi connectivity index (χ0n) is 16.3. The van der Waals surface area contributed by atoms with E-state index in [2.05, 4.69) is 45.3 Å². The first kappa shape index (κ1) is 18.9. The van der Waals surface area contributed by atoms with Gasteiger partial charge in [0, 0.05) is 34.0 Å². The minimum Gasteiger partial charge on any atom is -0.457 e. The molecule has 0 fully saturated rings. The number of hydrogen-bond donors (Lipinski definition) is 2. The lowest BCUT2D eigenvalue weighted by Gasteiger charge is -2.30. The molecule has 150 valence electrons. The average molecular weight is 472 g/mol. The van der Waals surface area contributed by atoms with Gasteiger partial charge in [-0.15, -0.1) is 11.3 Å². The highest BCUT2D eigenvalue weighted by atomic mass is 79.9.